The monoisotopic (exact) mass is 337 g/mol. The second-order valence-electron chi connectivity index (χ2n) is 4.41. The minimum Gasteiger partial charge on any atom is -0.292 e. The van der Waals surface area contributed by atoms with Crippen LogP contribution >= 0.6 is 15.9 Å². The fourth-order valence-electron chi connectivity index (χ4n) is 1.97. The number of aryl methyl sites for hydroxylation is 2. The van der Waals surface area contributed by atoms with Gasteiger partial charge in [0.1, 0.15) is 4.47 Å². The fraction of sp³-hybridized carbons (Fsp3) is 0.231. The van der Waals surface area contributed by atoms with Crippen LogP contribution in [0.25, 0.3) is 0 Å². The van der Waals surface area contributed by atoms with E-state index in [9.17, 15) is 14.9 Å². The molecule has 6 nitrogen and oxygen atoms in total. The number of hydrogen-bond acceptors (Lipinski definition) is 4. The van der Waals surface area contributed by atoms with Crippen molar-refractivity contribution in [2.75, 3.05) is 0 Å². The van der Waals surface area contributed by atoms with Crippen molar-refractivity contribution in [3.63, 3.8) is 0 Å². The maximum absolute atomic E-state index is 11.9. The Hall–Kier alpha value is -2.02. The lowest BCUT2D eigenvalue weighted by atomic mass is 10.2. The Bertz CT molecular complexity index is 740. The minimum absolute atomic E-state index is 0.0201. The molecule has 7 heteroatoms. The van der Waals surface area contributed by atoms with Gasteiger partial charge in [0, 0.05) is 17.5 Å². The van der Waals surface area contributed by atoms with E-state index in [0.717, 1.165) is 5.69 Å². The van der Waals surface area contributed by atoms with Crippen LogP contribution in [-0.4, -0.2) is 14.5 Å². The SMILES string of the molecule is Cc1cc(C)n(Cc2cccc([N+](=O)[O-])c2Br)c(=O)n1. The molecule has 0 fully saturated rings. The molecular formula is C13H12BrN3O3. The molecule has 1 heterocycles. The Labute approximate surface area is 123 Å². The molecule has 1 aromatic heterocycles. The van der Waals surface area contributed by atoms with Gasteiger partial charge in [0.25, 0.3) is 5.69 Å². The lowest BCUT2D eigenvalue weighted by molar-refractivity contribution is -0.385. The first kappa shape index (κ1) is 14.4. The number of rotatable bonds is 3. The van der Waals surface area contributed by atoms with Crippen molar-refractivity contribution in [3.05, 3.63) is 66.3 Å². The molecule has 0 saturated heterocycles. The quantitative estimate of drug-likeness (QED) is 0.637. The van der Waals surface area contributed by atoms with Gasteiger partial charge in [0.2, 0.25) is 0 Å². The van der Waals surface area contributed by atoms with Crippen molar-refractivity contribution < 1.29 is 4.92 Å². The number of nitro benzene ring substituents is 1. The molecule has 2 rings (SSSR count). The second-order valence-corrected chi connectivity index (χ2v) is 5.21. The van der Waals surface area contributed by atoms with Gasteiger partial charge in [-0.2, -0.15) is 4.98 Å². The van der Waals surface area contributed by atoms with Crippen LogP contribution in [-0.2, 0) is 6.54 Å². The van der Waals surface area contributed by atoms with Gasteiger partial charge in [-0.1, -0.05) is 12.1 Å². The van der Waals surface area contributed by atoms with Crippen molar-refractivity contribution in [2.24, 2.45) is 0 Å². The summed E-state index contributed by atoms with van der Waals surface area (Å²) in [6.07, 6.45) is 0. The predicted octanol–water partition coefficient (Wildman–Crippen LogP) is 2.58. The largest absolute Gasteiger partial charge is 0.348 e. The van der Waals surface area contributed by atoms with Crippen LogP contribution in [0, 0.1) is 24.0 Å². The first-order valence-electron chi connectivity index (χ1n) is 5.87. The van der Waals surface area contributed by atoms with Crippen LogP contribution in [0.1, 0.15) is 17.0 Å². The summed E-state index contributed by atoms with van der Waals surface area (Å²) < 4.78 is 1.87. The lowest BCUT2D eigenvalue weighted by Crippen LogP contribution is -2.26. The topological polar surface area (TPSA) is 78.0 Å². The van der Waals surface area contributed by atoms with Gasteiger partial charge < -0.3 is 0 Å². The van der Waals surface area contributed by atoms with Crippen molar-refractivity contribution in [1.29, 1.82) is 0 Å². The molecule has 2 aromatic rings. The molecule has 20 heavy (non-hydrogen) atoms. The zero-order chi connectivity index (χ0) is 14.9. The van der Waals surface area contributed by atoms with Crippen LogP contribution in [0.15, 0.2) is 33.5 Å². The fourth-order valence-corrected chi connectivity index (χ4v) is 2.50. The predicted molar refractivity (Wildman–Crippen MR) is 77.9 cm³/mol. The highest BCUT2D eigenvalue weighted by Gasteiger charge is 2.16. The molecule has 0 aliphatic carbocycles. The van der Waals surface area contributed by atoms with Gasteiger partial charge in [0.15, 0.2) is 0 Å². The lowest BCUT2D eigenvalue weighted by Gasteiger charge is -2.11. The maximum atomic E-state index is 11.9. The summed E-state index contributed by atoms with van der Waals surface area (Å²) in [4.78, 5) is 26.2. The molecule has 0 amide bonds. The highest BCUT2D eigenvalue weighted by atomic mass is 79.9. The smallest absolute Gasteiger partial charge is 0.292 e. The molecular weight excluding hydrogens is 326 g/mol. The van der Waals surface area contributed by atoms with Gasteiger partial charge in [-0.3, -0.25) is 14.7 Å². The number of benzene rings is 1. The molecule has 104 valence electrons. The Morgan fingerprint density at radius 1 is 1.40 bits per heavy atom. The number of nitro groups is 1. The van der Waals surface area contributed by atoms with Gasteiger partial charge in [0.05, 0.1) is 11.5 Å². The van der Waals surface area contributed by atoms with Crippen molar-refractivity contribution in [3.8, 4) is 0 Å². The molecule has 0 aliphatic rings. The summed E-state index contributed by atoms with van der Waals surface area (Å²) in [5.74, 6) is 0. The minimum atomic E-state index is -0.462. The molecule has 0 N–H and O–H groups in total. The number of aromatic nitrogens is 2. The normalized spacial score (nSPS) is 10.6. The van der Waals surface area contributed by atoms with E-state index in [0.29, 0.717) is 15.7 Å². The number of halogens is 1. The number of hydrogen-bond donors (Lipinski definition) is 0. The Morgan fingerprint density at radius 2 is 2.10 bits per heavy atom. The van der Waals surface area contributed by atoms with Gasteiger partial charge in [-0.15, -0.1) is 0 Å². The van der Waals surface area contributed by atoms with Crippen LogP contribution in [0.5, 0.6) is 0 Å². The first-order chi connectivity index (χ1) is 9.40. The molecule has 0 bridgehead atoms. The van der Waals surface area contributed by atoms with Gasteiger partial charge >= 0.3 is 5.69 Å². The van der Waals surface area contributed by atoms with E-state index < -0.39 is 4.92 Å². The Morgan fingerprint density at radius 3 is 2.70 bits per heavy atom. The van der Waals surface area contributed by atoms with Crippen LogP contribution in [0.4, 0.5) is 5.69 Å². The van der Waals surface area contributed by atoms with E-state index in [1.165, 1.54) is 10.6 Å². The third-order valence-electron chi connectivity index (χ3n) is 2.93. The van der Waals surface area contributed by atoms with Crippen LogP contribution in [0.3, 0.4) is 0 Å². The molecule has 0 radical (unpaired) electrons. The summed E-state index contributed by atoms with van der Waals surface area (Å²) in [7, 11) is 0. The third kappa shape index (κ3) is 2.77. The Kier molecular flexibility index (Phi) is 3.99. The molecule has 0 spiro atoms. The van der Waals surface area contributed by atoms with E-state index in [-0.39, 0.29) is 17.9 Å². The Balaban J connectivity index is 2.49. The van der Waals surface area contributed by atoms with Gasteiger partial charge in [-0.25, -0.2) is 4.79 Å². The van der Waals surface area contributed by atoms with Crippen LogP contribution in [0.2, 0.25) is 0 Å². The highest BCUT2D eigenvalue weighted by Crippen LogP contribution is 2.28. The highest BCUT2D eigenvalue weighted by molar-refractivity contribution is 9.10. The molecule has 0 atom stereocenters. The van der Waals surface area contributed by atoms with Crippen molar-refractivity contribution in [1.82, 2.24) is 9.55 Å². The maximum Gasteiger partial charge on any atom is 0.348 e. The van der Waals surface area contributed by atoms with Crippen molar-refractivity contribution >= 4 is 21.6 Å². The first-order valence-corrected chi connectivity index (χ1v) is 6.66. The van der Waals surface area contributed by atoms with E-state index in [1.54, 1.807) is 32.0 Å². The summed E-state index contributed by atoms with van der Waals surface area (Å²) in [5.41, 5.74) is 1.70. The van der Waals surface area contributed by atoms with E-state index >= 15 is 0 Å². The van der Waals surface area contributed by atoms with E-state index in [4.69, 9.17) is 0 Å². The van der Waals surface area contributed by atoms with E-state index in [2.05, 4.69) is 20.9 Å². The van der Waals surface area contributed by atoms with Gasteiger partial charge in [-0.05, 0) is 41.4 Å². The average molecular weight is 338 g/mol. The average Bonchev–Trinajstić information content (AvgIpc) is 2.35. The summed E-state index contributed by atoms with van der Waals surface area (Å²) in [5, 5.41) is 10.9. The molecule has 1 aromatic carbocycles. The third-order valence-corrected chi connectivity index (χ3v) is 3.85. The second kappa shape index (κ2) is 5.54. The molecule has 0 unspecified atom stereocenters. The van der Waals surface area contributed by atoms with Crippen LogP contribution < -0.4 is 5.69 Å². The number of nitrogens with zero attached hydrogens (tertiary/aromatic N) is 3. The summed E-state index contributed by atoms with van der Waals surface area (Å²) in [6.45, 7) is 3.80. The van der Waals surface area contributed by atoms with Crippen molar-refractivity contribution in [2.45, 2.75) is 20.4 Å². The zero-order valence-electron chi connectivity index (χ0n) is 11.0. The zero-order valence-corrected chi connectivity index (χ0v) is 12.5. The summed E-state index contributed by atoms with van der Waals surface area (Å²) in [6, 6.07) is 6.55. The molecule has 0 aliphatic heterocycles. The summed E-state index contributed by atoms with van der Waals surface area (Å²) >= 11 is 3.23. The standard InChI is InChI=1S/C13H12BrN3O3/c1-8-6-9(2)16(13(18)15-8)7-10-4-3-5-11(12(10)14)17(19)20/h3-6H,7H2,1-2H3. The molecule has 0 saturated carbocycles. The van der Waals surface area contributed by atoms with E-state index in [1.807, 2.05) is 0 Å².